The highest BCUT2D eigenvalue weighted by atomic mass is 32.2. The second kappa shape index (κ2) is 6.33. The maximum absolute atomic E-state index is 12.1. The zero-order valence-electron chi connectivity index (χ0n) is 10.8. The van der Waals surface area contributed by atoms with Gasteiger partial charge in [0, 0.05) is 25.1 Å². The van der Waals surface area contributed by atoms with Crippen LogP contribution in [0.25, 0.3) is 0 Å². The summed E-state index contributed by atoms with van der Waals surface area (Å²) in [6.45, 7) is 2.63. The van der Waals surface area contributed by atoms with Crippen molar-refractivity contribution in [2.24, 2.45) is 0 Å². The summed E-state index contributed by atoms with van der Waals surface area (Å²) in [5.74, 6) is -1.03. The van der Waals surface area contributed by atoms with Crippen molar-refractivity contribution in [2.45, 2.75) is 29.9 Å². The van der Waals surface area contributed by atoms with Crippen molar-refractivity contribution in [3.05, 3.63) is 46.6 Å². The Morgan fingerprint density at radius 3 is 2.80 bits per heavy atom. The quantitative estimate of drug-likeness (QED) is 0.905. The Balaban J connectivity index is 2.24. The fourth-order valence-corrected chi connectivity index (χ4v) is 2.34. The molecule has 0 atom stereocenters. The van der Waals surface area contributed by atoms with Crippen molar-refractivity contribution in [1.82, 2.24) is 14.5 Å². The number of aryl methyl sites for hydroxylation is 1. The molecule has 0 aromatic carbocycles. The fourth-order valence-electron chi connectivity index (χ4n) is 1.58. The zero-order valence-corrected chi connectivity index (χ0v) is 11.6. The van der Waals surface area contributed by atoms with Gasteiger partial charge >= 0.3 is 5.97 Å². The van der Waals surface area contributed by atoms with Gasteiger partial charge in [0.1, 0.15) is 5.03 Å². The van der Waals surface area contributed by atoms with Crippen LogP contribution >= 0.6 is 11.8 Å². The Hall–Kier alpha value is -2.15. The van der Waals surface area contributed by atoms with E-state index in [1.165, 1.54) is 12.3 Å². The second-order valence-electron chi connectivity index (χ2n) is 4.02. The number of carbonyl (C=O) groups is 1. The lowest BCUT2D eigenvalue weighted by atomic mass is 10.3. The predicted molar refractivity (Wildman–Crippen MR) is 74.1 cm³/mol. The number of hydrogen-bond acceptors (Lipinski definition) is 5. The minimum absolute atomic E-state index is 0.110. The minimum Gasteiger partial charge on any atom is -0.478 e. The highest BCUT2D eigenvalue weighted by molar-refractivity contribution is 7.99. The molecule has 1 N–H and O–H groups in total. The smallest absolute Gasteiger partial charge is 0.337 e. The van der Waals surface area contributed by atoms with Gasteiger partial charge in [-0.2, -0.15) is 0 Å². The van der Waals surface area contributed by atoms with Gasteiger partial charge in [-0.15, -0.1) is 0 Å². The molecule has 2 heterocycles. The molecule has 6 nitrogen and oxygen atoms in total. The molecule has 7 heteroatoms. The van der Waals surface area contributed by atoms with Crippen LogP contribution in [0.15, 0.2) is 45.6 Å². The Kier molecular flexibility index (Phi) is 4.52. The third kappa shape index (κ3) is 3.24. The maximum atomic E-state index is 12.1. The van der Waals surface area contributed by atoms with Crippen LogP contribution in [0.2, 0.25) is 0 Å². The lowest BCUT2D eigenvalue weighted by Gasteiger charge is -2.05. The van der Waals surface area contributed by atoms with E-state index in [9.17, 15) is 9.59 Å². The molecule has 0 saturated heterocycles. The molecule has 0 fully saturated rings. The summed E-state index contributed by atoms with van der Waals surface area (Å²) in [5, 5.41) is 9.66. The summed E-state index contributed by atoms with van der Waals surface area (Å²) < 4.78 is 1.60. The molecule has 104 valence electrons. The van der Waals surface area contributed by atoms with E-state index in [0.29, 0.717) is 16.6 Å². The number of aromatic nitrogens is 3. The van der Waals surface area contributed by atoms with Crippen molar-refractivity contribution in [1.29, 1.82) is 0 Å². The first-order valence-corrected chi connectivity index (χ1v) is 6.86. The average molecular weight is 291 g/mol. The number of carboxylic acids is 1. The highest BCUT2D eigenvalue weighted by Gasteiger charge is 2.09. The van der Waals surface area contributed by atoms with E-state index in [1.54, 1.807) is 23.0 Å². The van der Waals surface area contributed by atoms with Gasteiger partial charge in [-0.1, -0.05) is 6.92 Å². The van der Waals surface area contributed by atoms with Crippen molar-refractivity contribution in [3.63, 3.8) is 0 Å². The summed E-state index contributed by atoms with van der Waals surface area (Å²) in [5.41, 5.74) is -0.0535. The lowest BCUT2D eigenvalue weighted by molar-refractivity contribution is 0.0696. The number of hydrogen-bond donors (Lipinski definition) is 1. The van der Waals surface area contributed by atoms with E-state index in [2.05, 4.69) is 9.97 Å². The third-order valence-electron chi connectivity index (χ3n) is 2.53. The molecule has 0 bridgehead atoms. The van der Waals surface area contributed by atoms with E-state index in [-0.39, 0.29) is 11.1 Å². The summed E-state index contributed by atoms with van der Waals surface area (Å²) in [6.07, 6.45) is 5.35. The molecule has 0 spiro atoms. The first-order chi connectivity index (χ1) is 9.61. The van der Waals surface area contributed by atoms with Gasteiger partial charge < -0.3 is 9.67 Å². The largest absolute Gasteiger partial charge is 0.478 e. The average Bonchev–Trinajstić information content (AvgIpc) is 2.44. The Bertz CT molecular complexity index is 667. The number of nitrogens with zero attached hydrogens (tertiary/aromatic N) is 3. The van der Waals surface area contributed by atoms with Crippen LogP contribution in [0, 0.1) is 0 Å². The monoisotopic (exact) mass is 291 g/mol. The summed E-state index contributed by atoms with van der Waals surface area (Å²) in [4.78, 5) is 30.9. The van der Waals surface area contributed by atoms with Gasteiger partial charge in [0.15, 0.2) is 5.03 Å². The first-order valence-electron chi connectivity index (χ1n) is 6.04. The standard InChI is InChI=1S/C13H13N3O3S/c1-2-6-16-7-5-14-11(12(16)17)20-10-4-3-9(8-15-10)13(18)19/h3-5,7-8H,2,6H2,1H3,(H,18,19). The van der Waals surface area contributed by atoms with Gasteiger partial charge in [0.2, 0.25) is 0 Å². The second-order valence-corrected chi connectivity index (χ2v) is 5.03. The number of pyridine rings is 1. The Morgan fingerprint density at radius 1 is 1.40 bits per heavy atom. The third-order valence-corrected chi connectivity index (χ3v) is 3.46. The van der Waals surface area contributed by atoms with Gasteiger partial charge in [-0.3, -0.25) is 4.79 Å². The number of carboxylic acid groups (broad SMARTS) is 1. The summed E-state index contributed by atoms with van der Waals surface area (Å²) in [6, 6.07) is 3.01. The molecule has 2 rings (SSSR count). The highest BCUT2D eigenvalue weighted by Crippen LogP contribution is 2.21. The molecule has 2 aromatic heterocycles. The predicted octanol–water partition coefficient (Wildman–Crippen LogP) is 1.90. The normalized spacial score (nSPS) is 10.4. The van der Waals surface area contributed by atoms with Gasteiger partial charge in [-0.05, 0) is 30.3 Å². The SMILES string of the molecule is CCCn1ccnc(Sc2ccc(C(=O)O)cn2)c1=O. The van der Waals surface area contributed by atoms with Crippen molar-refractivity contribution >= 4 is 17.7 Å². The Labute approximate surface area is 119 Å². The van der Waals surface area contributed by atoms with Crippen LogP contribution in [-0.2, 0) is 6.54 Å². The zero-order chi connectivity index (χ0) is 14.5. The van der Waals surface area contributed by atoms with E-state index >= 15 is 0 Å². The molecule has 0 aliphatic carbocycles. The molecule has 0 radical (unpaired) electrons. The minimum atomic E-state index is -1.03. The molecule has 0 aliphatic rings. The lowest BCUT2D eigenvalue weighted by Crippen LogP contribution is -2.21. The molecular weight excluding hydrogens is 278 g/mol. The molecule has 0 saturated carbocycles. The summed E-state index contributed by atoms with van der Waals surface area (Å²) >= 11 is 1.13. The van der Waals surface area contributed by atoms with Crippen LogP contribution in [-0.4, -0.2) is 25.6 Å². The van der Waals surface area contributed by atoms with Crippen LogP contribution in [0.4, 0.5) is 0 Å². The van der Waals surface area contributed by atoms with Crippen molar-refractivity contribution in [3.8, 4) is 0 Å². The van der Waals surface area contributed by atoms with Crippen LogP contribution < -0.4 is 5.56 Å². The van der Waals surface area contributed by atoms with Crippen LogP contribution in [0.5, 0.6) is 0 Å². The van der Waals surface area contributed by atoms with Crippen LogP contribution in [0.3, 0.4) is 0 Å². The van der Waals surface area contributed by atoms with Gasteiger partial charge in [0.25, 0.3) is 5.56 Å². The molecule has 0 unspecified atom stereocenters. The van der Waals surface area contributed by atoms with Gasteiger partial charge in [-0.25, -0.2) is 14.8 Å². The first kappa shape index (κ1) is 14.3. The maximum Gasteiger partial charge on any atom is 0.337 e. The van der Waals surface area contributed by atoms with E-state index < -0.39 is 5.97 Å². The molecular formula is C13H13N3O3S. The molecule has 20 heavy (non-hydrogen) atoms. The van der Waals surface area contributed by atoms with Crippen molar-refractivity contribution < 1.29 is 9.90 Å². The fraction of sp³-hybridized carbons (Fsp3) is 0.231. The van der Waals surface area contributed by atoms with E-state index in [0.717, 1.165) is 18.2 Å². The van der Waals surface area contributed by atoms with E-state index in [4.69, 9.17) is 5.11 Å². The Morgan fingerprint density at radius 2 is 2.20 bits per heavy atom. The summed E-state index contributed by atoms with van der Waals surface area (Å²) in [7, 11) is 0. The molecule has 0 amide bonds. The van der Waals surface area contributed by atoms with Crippen LogP contribution in [0.1, 0.15) is 23.7 Å². The van der Waals surface area contributed by atoms with Crippen molar-refractivity contribution in [2.75, 3.05) is 0 Å². The van der Waals surface area contributed by atoms with E-state index in [1.807, 2.05) is 6.92 Å². The molecule has 2 aromatic rings. The number of rotatable bonds is 5. The topological polar surface area (TPSA) is 85.1 Å². The number of aromatic carboxylic acids is 1. The molecule has 0 aliphatic heterocycles. The van der Waals surface area contributed by atoms with Gasteiger partial charge in [0.05, 0.1) is 5.56 Å².